The Hall–Kier alpha value is -6.65. The van der Waals surface area contributed by atoms with Crippen LogP contribution < -0.4 is 0 Å². The van der Waals surface area contributed by atoms with Gasteiger partial charge in [-0.3, -0.25) is 14.4 Å². The number of likely N-dealkylation sites (N-methyl/N-ethyl adjacent to an activating group) is 2. The standard InChI is InChI=1S/C27H25N3O3.C19H19N3O/c1-26(2)19-27(24(31)30(26)3,25(32)33-18-21-12-8-5-9-13-21)23-28-16-22(17-29-23)15-14-20-10-6-4-7-11-20;1-19(2)11-16(18(23)22(19)3)17-20-12-15(13-21-17)10-9-14-7-5-4-6-8-14/h4-13,16-17H,18-19H2,1-3H3;4-8,12-13,16H,11H2,1-3H3. The first-order valence-electron chi connectivity index (χ1n) is 18.4. The van der Waals surface area contributed by atoms with Crippen LogP contribution in [0.2, 0.25) is 0 Å². The highest BCUT2D eigenvalue weighted by Crippen LogP contribution is 2.44. The number of ether oxygens (including phenoxy) is 1. The quantitative estimate of drug-likeness (QED) is 0.120. The molecule has 2 saturated heterocycles. The Balaban J connectivity index is 0.000000202. The lowest BCUT2D eigenvalue weighted by Crippen LogP contribution is -2.46. The van der Waals surface area contributed by atoms with Gasteiger partial charge in [-0.1, -0.05) is 90.4 Å². The van der Waals surface area contributed by atoms with Crippen LogP contribution in [0.4, 0.5) is 0 Å². The summed E-state index contributed by atoms with van der Waals surface area (Å²) in [4.78, 5) is 60.0. The van der Waals surface area contributed by atoms with Crippen LogP contribution >= 0.6 is 0 Å². The molecule has 0 aliphatic carbocycles. The van der Waals surface area contributed by atoms with E-state index in [-0.39, 0.29) is 42.1 Å². The second-order valence-electron chi connectivity index (χ2n) is 15.1. The molecule has 2 aromatic heterocycles. The predicted molar refractivity (Wildman–Crippen MR) is 212 cm³/mol. The molecule has 3 aromatic carbocycles. The molecule has 2 atom stereocenters. The minimum atomic E-state index is -1.60. The fraction of sp³-hybridized carbons (Fsp3) is 0.283. The van der Waals surface area contributed by atoms with Crippen molar-refractivity contribution in [3.63, 3.8) is 0 Å². The Morgan fingerprint density at radius 3 is 1.57 bits per heavy atom. The third-order valence-corrected chi connectivity index (χ3v) is 10.3. The van der Waals surface area contributed by atoms with E-state index < -0.39 is 16.9 Å². The number of hydrogen-bond acceptors (Lipinski definition) is 8. The van der Waals surface area contributed by atoms with Gasteiger partial charge >= 0.3 is 5.97 Å². The summed E-state index contributed by atoms with van der Waals surface area (Å²) in [5, 5.41) is 0. The van der Waals surface area contributed by atoms with Crippen molar-refractivity contribution < 1.29 is 19.1 Å². The van der Waals surface area contributed by atoms with Gasteiger partial charge in [0.05, 0.1) is 11.1 Å². The molecule has 0 bridgehead atoms. The third kappa shape index (κ3) is 8.51. The number of amides is 2. The van der Waals surface area contributed by atoms with Gasteiger partial charge in [0.2, 0.25) is 17.2 Å². The van der Waals surface area contributed by atoms with E-state index in [1.807, 2.05) is 112 Å². The van der Waals surface area contributed by atoms with E-state index in [0.717, 1.165) is 28.7 Å². The molecule has 5 aromatic rings. The predicted octanol–water partition coefficient (Wildman–Crippen LogP) is 6.10. The Bertz CT molecular complexity index is 2310. The lowest BCUT2D eigenvalue weighted by molar-refractivity contribution is -0.157. The minimum Gasteiger partial charge on any atom is -0.460 e. The molecule has 56 heavy (non-hydrogen) atoms. The normalized spacial score (nSPS) is 19.1. The number of carbonyl (C=O) groups is 3. The molecule has 7 rings (SSSR count). The lowest BCUT2D eigenvalue weighted by atomic mass is 9.80. The van der Waals surface area contributed by atoms with E-state index in [9.17, 15) is 14.4 Å². The Labute approximate surface area is 328 Å². The van der Waals surface area contributed by atoms with Gasteiger partial charge in [0.15, 0.2) is 5.82 Å². The van der Waals surface area contributed by atoms with Crippen LogP contribution in [-0.4, -0.2) is 72.7 Å². The number of carbonyl (C=O) groups excluding carboxylic acids is 3. The average molecular weight is 745 g/mol. The molecule has 2 fully saturated rings. The molecule has 0 N–H and O–H groups in total. The molecular weight excluding hydrogens is 701 g/mol. The highest BCUT2D eigenvalue weighted by molar-refractivity contribution is 6.10. The third-order valence-electron chi connectivity index (χ3n) is 10.3. The number of nitrogens with zero attached hydrogens (tertiary/aromatic N) is 6. The summed E-state index contributed by atoms with van der Waals surface area (Å²) in [5.74, 6) is 11.7. The molecule has 2 amide bonds. The van der Waals surface area contributed by atoms with Gasteiger partial charge in [-0.05, 0) is 63.9 Å². The molecule has 0 radical (unpaired) electrons. The summed E-state index contributed by atoms with van der Waals surface area (Å²) in [7, 11) is 3.52. The molecular formula is C46H44N6O4. The van der Waals surface area contributed by atoms with Gasteiger partial charge < -0.3 is 14.5 Å². The molecule has 0 spiro atoms. The average Bonchev–Trinajstić information content (AvgIpc) is 3.55. The number of aromatic nitrogens is 4. The number of hydrogen-bond donors (Lipinski definition) is 0. The van der Waals surface area contributed by atoms with Gasteiger partial charge in [-0.25, -0.2) is 19.9 Å². The van der Waals surface area contributed by atoms with Gasteiger partial charge in [0.1, 0.15) is 18.3 Å². The molecule has 10 heteroatoms. The molecule has 10 nitrogen and oxygen atoms in total. The maximum Gasteiger partial charge on any atom is 0.330 e. The maximum atomic E-state index is 13.4. The van der Waals surface area contributed by atoms with Crippen LogP contribution in [0.15, 0.2) is 116 Å². The van der Waals surface area contributed by atoms with Crippen LogP contribution in [-0.2, 0) is 31.1 Å². The van der Waals surface area contributed by atoms with Crippen molar-refractivity contribution >= 4 is 17.8 Å². The minimum absolute atomic E-state index is 0.0689. The summed E-state index contributed by atoms with van der Waals surface area (Å²) in [6.07, 6.45) is 7.43. The smallest absolute Gasteiger partial charge is 0.330 e. The largest absolute Gasteiger partial charge is 0.460 e. The Morgan fingerprint density at radius 2 is 1.12 bits per heavy atom. The number of esters is 1. The Morgan fingerprint density at radius 1 is 0.661 bits per heavy atom. The molecule has 2 aliphatic rings. The highest BCUT2D eigenvalue weighted by atomic mass is 16.5. The summed E-state index contributed by atoms with van der Waals surface area (Å²) >= 11 is 0. The molecule has 2 unspecified atom stereocenters. The first-order chi connectivity index (χ1) is 26.8. The van der Waals surface area contributed by atoms with E-state index in [1.165, 1.54) is 0 Å². The van der Waals surface area contributed by atoms with E-state index in [0.29, 0.717) is 11.4 Å². The van der Waals surface area contributed by atoms with Crippen molar-refractivity contribution in [1.29, 1.82) is 0 Å². The molecule has 4 heterocycles. The second-order valence-corrected chi connectivity index (χ2v) is 15.1. The molecule has 0 saturated carbocycles. The molecule has 2 aliphatic heterocycles. The summed E-state index contributed by atoms with van der Waals surface area (Å²) in [6, 6.07) is 28.7. The monoisotopic (exact) mass is 744 g/mol. The van der Waals surface area contributed by atoms with Gasteiger partial charge in [0.25, 0.3) is 0 Å². The van der Waals surface area contributed by atoms with Crippen LogP contribution in [0, 0.1) is 23.7 Å². The zero-order chi connectivity index (χ0) is 39.9. The number of rotatable bonds is 5. The topological polar surface area (TPSA) is 118 Å². The van der Waals surface area contributed by atoms with E-state index in [1.54, 1.807) is 41.6 Å². The van der Waals surface area contributed by atoms with Crippen LogP contribution in [0.3, 0.4) is 0 Å². The van der Waals surface area contributed by atoms with E-state index in [4.69, 9.17) is 4.74 Å². The molecule has 282 valence electrons. The zero-order valence-corrected chi connectivity index (χ0v) is 32.5. The van der Waals surface area contributed by atoms with Crippen LogP contribution in [0.5, 0.6) is 0 Å². The summed E-state index contributed by atoms with van der Waals surface area (Å²) in [5.41, 5.74) is 1.69. The fourth-order valence-electron chi connectivity index (χ4n) is 6.66. The highest BCUT2D eigenvalue weighted by Gasteiger charge is 2.62. The van der Waals surface area contributed by atoms with Gasteiger partial charge in [-0.2, -0.15) is 0 Å². The lowest BCUT2D eigenvalue weighted by Gasteiger charge is -2.26. The number of likely N-dealkylation sites (tertiary alicyclic amines) is 2. The van der Waals surface area contributed by atoms with Crippen molar-refractivity contribution in [2.24, 2.45) is 0 Å². The summed E-state index contributed by atoms with van der Waals surface area (Å²) in [6.45, 7) is 8.02. The fourth-order valence-corrected chi connectivity index (χ4v) is 6.66. The zero-order valence-electron chi connectivity index (χ0n) is 32.5. The van der Waals surface area contributed by atoms with E-state index >= 15 is 0 Å². The first kappa shape index (κ1) is 39.1. The van der Waals surface area contributed by atoms with Crippen molar-refractivity contribution in [1.82, 2.24) is 29.7 Å². The van der Waals surface area contributed by atoms with Gasteiger partial charge in [0, 0.05) is 67.5 Å². The van der Waals surface area contributed by atoms with Gasteiger partial charge in [-0.15, -0.1) is 0 Å². The maximum absolute atomic E-state index is 13.4. The summed E-state index contributed by atoms with van der Waals surface area (Å²) < 4.78 is 5.62. The second kappa shape index (κ2) is 16.4. The van der Waals surface area contributed by atoms with Crippen molar-refractivity contribution in [2.75, 3.05) is 14.1 Å². The van der Waals surface area contributed by atoms with Crippen LogP contribution in [0.1, 0.15) is 85.9 Å². The van der Waals surface area contributed by atoms with Crippen molar-refractivity contribution in [3.8, 4) is 23.7 Å². The Kier molecular flexibility index (Phi) is 11.4. The SMILES string of the molecule is CN1C(=O)C(C(=O)OCc2ccccc2)(c2ncc(C#Cc3ccccc3)cn2)CC1(C)C.CN1C(=O)C(c2ncc(C#Cc3ccccc3)cn2)CC1(C)C. The van der Waals surface area contributed by atoms with Crippen LogP contribution in [0.25, 0.3) is 0 Å². The first-order valence-corrected chi connectivity index (χ1v) is 18.4. The van der Waals surface area contributed by atoms with E-state index in [2.05, 4.69) is 57.5 Å². The number of benzene rings is 3. The van der Waals surface area contributed by atoms with Crippen molar-refractivity contribution in [2.45, 2.75) is 69.6 Å². The van der Waals surface area contributed by atoms with Crippen molar-refractivity contribution in [3.05, 3.63) is 155 Å².